The number of amides is 2. The molecule has 1 N–H and O–H groups in total. The lowest BCUT2D eigenvalue weighted by Crippen LogP contribution is -2.50. The van der Waals surface area contributed by atoms with E-state index in [-0.39, 0.29) is 11.7 Å². The fraction of sp³-hybridized carbons (Fsp3) is 0.421. The van der Waals surface area contributed by atoms with E-state index in [1.807, 2.05) is 6.07 Å². The molecule has 0 atom stereocenters. The Kier molecular flexibility index (Phi) is 5.70. The first-order valence-corrected chi connectivity index (χ1v) is 9.51. The number of rotatable bonds is 3. The normalized spacial score (nSPS) is 17.4. The summed E-state index contributed by atoms with van der Waals surface area (Å²) < 4.78 is 31.7. The highest BCUT2D eigenvalue weighted by atomic mass is 19.2. The number of hydrogen-bond acceptors (Lipinski definition) is 6. The molecule has 0 spiro atoms. The maximum Gasteiger partial charge on any atom is 0.321 e. The Morgan fingerprint density at radius 3 is 2.45 bits per heavy atom. The molecule has 2 aromatic rings. The maximum absolute atomic E-state index is 13.3. The lowest BCUT2D eigenvalue weighted by molar-refractivity contribution is 0.122. The molecule has 2 fully saturated rings. The number of nitrogens with zero attached hydrogens (tertiary/aromatic N) is 5. The number of urea groups is 1. The Balaban J connectivity index is 1.34. The zero-order valence-electron chi connectivity index (χ0n) is 15.9. The monoisotopic (exact) mass is 404 g/mol. The number of piperazine rings is 1. The standard InChI is InChI=1S/C19H22F2N6O2/c20-16-2-1-14(11-17(16)21)23-19(28)27-5-3-25(4-6-27)15-12-18(24-22-13-15)26-7-9-29-10-8-26/h1-2,11-13H,3-10H2,(H,23,28). The van der Waals surface area contributed by atoms with Gasteiger partial charge in [0.25, 0.3) is 0 Å². The number of carbonyl (C=O) groups excluding carboxylic acids is 1. The number of carbonyl (C=O) groups is 1. The Labute approximate surface area is 167 Å². The van der Waals surface area contributed by atoms with E-state index in [0.29, 0.717) is 39.4 Å². The molecule has 0 aliphatic carbocycles. The molecule has 0 radical (unpaired) electrons. The second kappa shape index (κ2) is 8.56. The van der Waals surface area contributed by atoms with Crippen LogP contribution < -0.4 is 15.1 Å². The van der Waals surface area contributed by atoms with Crippen LogP contribution in [0.2, 0.25) is 0 Å². The van der Waals surface area contributed by atoms with E-state index in [4.69, 9.17) is 4.74 Å². The predicted octanol–water partition coefficient (Wildman–Crippen LogP) is 1.95. The minimum Gasteiger partial charge on any atom is -0.378 e. The van der Waals surface area contributed by atoms with Crippen molar-refractivity contribution in [3.63, 3.8) is 0 Å². The maximum atomic E-state index is 13.3. The molecule has 154 valence electrons. The topological polar surface area (TPSA) is 73.8 Å². The van der Waals surface area contributed by atoms with Crippen LogP contribution in [0.15, 0.2) is 30.5 Å². The van der Waals surface area contributed by atoms with Gasteiger partial charge in [0.1, 0.15) is 0 Å². The van der Waals surface area contributed by atoms with E-state index in [9.17, 15) is 13.6 Å². The van der Waals surface area contributed by atoms with Crippen LogP contribution in [-0.2, 0) is 4.74 Å². The molecule has 2 saturated heterocycles. The second-order valence-electron chi connectivity index (χ2n) is 6.90. The molecule has 2 aliphatic rings. The number of halogens is 2. The Hall–Kier alpha value is -3.01. The van der Waals surface area contributed by atoms with Crippen molar-refractivity contribution in [2.24, 2.45) is 0 Å². The quantitative estimate of drug-likeness (QED) is 0.843. The van der Waals surface area contributed by atoms with Crippen molar-refractivity contribution in [1.82, 2.24) is 15.1 Å². The molecule has 2 aliphatic heterocycles. The summed E-state index contributed by atoms with van der Waals surface area (Å²) >= 11 is 0. The zero-order valence-corrected chi connectivity index (χ0v) is 15.9. The van der Waals surface area contributed by atoms with Crippen molar-refractivity contribution >= 4 is 23.2 Å². The highest BCUT2D eigenvalue weighted by Gasteiger charge is 2.23. The van der Waals surface area contributed by atoms with Crippen LogP contribution in [0, 0.1) is 11.6 Å². The fourth-order valence-corrected chi connectivity index (χ4v) is 3.41. The number of aromatic nitrogens is 2. The van der Waals surface area contributed by atoms with E-state index in [2.05, 4.69) is 25.3 Å². The van der Waals surface area contributed by atoms with Crippen LogP contribution in [0.5, 0.6) is 0 Å². The number of anilines is 3. The van der Waals surface area contributed by atoms with Crippen LogP contribution in [0.3, 0.4) is 0 Å². The second-order valence-corrected chi connectivity index (χ2v) is 6.90. The lowest BCUT2D eigenvalue weighted by Gasteiger charge is -2.36. The Morgan fingerprint density at radius 2 is 1.72 bits per heavy atom. The minimum absolute atomic E-state index is 0.227. The van der Waals surface area contributed by atoms with Gasteiger partial charge in [-0.2, -0.15) is 5.10 Å². The lowest BCUT2D eigenvalue weighted by atomic mass is 10.2. The molecule has 4 rings (SSSR count). The van der Waals surface area contributed by atoms with Gasteiger partial charge in [-0.05, 0) is 12.1 Å². The summed E-state index contributed by atoms with van der Waals surface area (Å²) in [6.45, 7) is 5.22. The number of benzene rings is 1. The van der Waals surface area contributed by atoms with Gasteiger partial charge in [-0.25, -0.2) is 13.6 Å². The molecule has 0 bridgehead atoms. The van der Waals surface area contributed by atoms with Crippen molar-refractivity contribution in [1.29, 1.82) is 0 Å². The molecule has 0 saturated carbocycles. The third-order valence-electron chi connectivity index (χ3n) is 5.07. The third-order valence-corrected chi connectivity index (χ3v) is 5.07. The Bertz CT molecular complexity index is 870. The summed E-state index contributed by atoms with van der Waals surface area (Å²) in [6.07, 6.45) is 1.72. The van der Waals surface area contributed by atoms with Gasteiger partial charge in [0.15, 0.2) is 17.5 Å². The summed E-state index contributed by atoms with van der Waals surface area (Å²) in [5, 5.41) is 11.0. The molecule has 8 nitrogen and oxygen atoms in total. The zero-order chi connectivity index (χ0) is 20.2. The first-order chi connectivity index (χ1) is 14.1. The minimum atomic E-state index is -0.992. The number of hydrogen-bond donors (Lipinski definition) is 1. The third kappa shape index (κ3) is 4.53. The molecular weight excluding hydrogens is 382 g/mol. The largest absolute Gasteiger partial charge is 0.378 e. The van der Waals surface area contributed by atoms with E-state index in [1.54, 1.807) is 11.1 Å². The van der Waals surface area contributed by atoms with Crippen LogP contribution in [0.4, 0.5) is 30.8 Å². The van der Waals surface area contributed by atoms with E-state index in [0.717, 1.165) is 36.7 Å². The number of morpholine rings is 1. The highest BCUT2D eigenvalue weighted by molar-refractivity contribution is 5.89. The molecule has 1 aromatic heterocycles. The summed E-state index contributed by atoms with van der Waals surface area (Å²) in [5.74, 6) is -1.11. The SMILES string of the molecule is O=C(Nc1ccc(F)c(F)c1)N1CCN(c2cnnc(N3CCOCC3)c2)CC1. The molecule has 29 heavy (non-hydrogen) atoms. The first kappa shape index (κ1) is 19.3. The molecule has 2 amide bonds. The van der Waals surface area contributed by atoms with Crippen LogP contribution in [-0.4, -0.2) is 73.6 Å². The summed E-state index contributed by atoms with van der Waals surface area (Å²) in [4.78, 5) is 18.4. The van der Waals surface area contributed by atoms with E-state index >= 15 is 0 Å². The molecule has 1 aromatic carbocycles. The molecule has 0 unspecified atom stereocenters. The smallest absolute Gasteiger partial charge is 0.321 e. The first-order valence-electron chi connectivity index (χ1n) is 9.51. The average molecular weight is 404 g/mol. The number of nitrogens with one attached hydrogen (secondary N) is 1. The van der Waals surface area contributed by atoms with E-state index in [1.165, 1.54) is 6.07 Å². The van der Waals surface area contributed by atoms with Gasteiger partial charge in [-0.3, -0.25) is 0 Å². The van der Waals surface area contributed by atoms with Crippen molar-refractivity contribution in [3.8, 4) is 0 Å². The average Bonchev–Trinajstić information content (AvgIpc) is 2.77. The summed E-state index contributed by atoms with van der Waals surface area (Å²) in [7, 11) is 0. The van der Waals surface area contributed by atoms with Crippen molar-refractivity contribution in [2.75, 3.05) is 67.6 Å². The van der Waals surface area contributed by atoms with Gasteiger partial charge in [0.2, 0.25) is 0 Å². The van der Waals surface area contributed by atoms with Crippen LogP contribution in [0.1, 0.15) is 0 Å². The van der Waals surface area contributed by atoms with Crippen molar-refractivity contribution in [2.45, 2.75) is 0 Å². The van der Waals surface area contributed by atoms with Gasteiger partial charge in [0.05, 0.1) is 25.1 Å². The van der Waals surface area contributed by atoms with Gasteiger partial charge in [-0.15, -0.1) is 5.10 Å². The summed E-state index contributed by atoms with van der Waals surface area (Å²) in [6, 6.07) is 4.97. The van der Waals surface area contributed by atoms with Crippen molar-refractivity contribution < 1.29 is 18.3 Å². The summed E-state index contributed by atoms with van der Waals surface area (Å²) in [5.41, 5.74) is 1.19. The van der Waals surface area contributed by atoms with Gasteiger partial charge >= 0.3 is 6.03 Å². The highest BCUT2D eigenvalue weighted by Crippen LogP contribution is 2.21. The van der Waals surface area contributed by atoms with E-state index < -0.39 is 11.6 Å². The molecular formula is C19H22F2N6O2. The molecule has 3 heterocycles. The van der Waals surface area contributed by atoms with Crippen LogP contribution in [0.25, 0.3) is 0 Å². The van der Waals surface area contributed by atoms with Crippen molar-refractivity contribution in [3.05, 3.63) is 42.1 Å². The fourth-order valence-electron chi connectivity index (χ4n) is 3.41. The predicted molar refractivity (Wildman–Crippen MR) is 104 cm³/mol. The van der Waals surface area contributed by atoms with Gasteiger partial charge < -0.3 is 24.8 Å². The Morgan fingerprint density at radius 1 is 0.966 bits per heavy atom. The van der Waals surface area contributed by atoms with Crippen LogP contribution >= 0.6 is 0 Å². The molecule has 10 heteroatoms. The van der Waals surface area contributed by atoms with Gasteiger partial charge in [-0.1, -0.05) is 0 Å². The van der Waals surface area contributed by atoms with Gasteiger partial charge in [0, 0.05) is 57.1 Å². The number of ether oxygens (including phenoxy) is 1.